The van der Waals surface area contributed by atoms with Crippen molar-refractivity contribution in [3.8, 4) is 0 Å². The number of carbonyl (C=O) groups is 2. The number of esters is 1. The van der Waals surface area contributed by atoms with Gasteiger partial charge in [-0.15, -0.1) is 0 Å². The van der Waals surface area contributed by atoms with Crippen LogP contribution in [0.25, 0.3) is 0 Å². The first kappa shape index (κ1) is 16.8. The van der Waals surface area contributed by atoms with Crippen LogP contribution in [0.15, 0.2) is 0 Å². The summed E-state index contributed by atoms with van der Waals surface area (Å²) in [6.07, 6.45) is 3.59. The molecule has 1 aliphatic rings. The number of piperidine rings is 1. The molecule has 1 rings (SSSR count). The SMILES string of the molecule is COC(=O)CCC1(C)CCCCN1C(=O)OC(C)(C)C. The normalized spacial score (nSPS) is 23.4. The van der Waals surface area contributed by atoms with E-state index in [-0.39, 0.29) is 17.6 Å². The average molecular weight is 285 g/mol. The highest BCUT2D eigenvalue weighted by molar-refractivity contribution is 5.71. The van der Waals surface area contributed by atoms with Gasteiger partial charge in [0.05, 0.1) is 7.11 Å². The minimum absolute atomic E-state index is 0.235. The van der Waals surface area contributed by atoms with Crippen molar-refractivity contribution in [1.82, 2.24) is 4.90 Å². The van der Waals surface area contributed by atoms with E-state index in [2.05, 4.69) is 4.74 Å². The topological polar surface area (TPSA) is 55.8 Å². The van der Waals surface area contributed by atoms with E-state index in [9.17, 15) is 9.59 Å². The maximum atomic E-state index is 12.3. The molecular formula is C15H27NO4. The van der Waals surface area contributed by atoms with Crippen LogP contribution >= 0.6 is 0 Å². The molecule has 0 aromatic rings. The van der Waals surface area contributed by atoms with Gasteiger partial charge in [0.25, 0.3) is 0 Å². The summed E-state index contributed by atoms with van der Waals surface area (Å²) < 4.78 is 10.2. The molecule has 0 aromatic heterocycles. The van der Waals surface area contributed by atoms with Crippen molar-refractivity contribution in [1.29, 1.82) is 0 Å². The first-order valence-corrected chi connectivity index (χ1v) is 7.25. The Bertz CT molecular complexity index is 361. The molecule has 1 unspecified atom stereocenters. The van der Waals surface area contributed by atoms with Gasteiger partial charge in [0.1, 0.15) is 5.60 Å². The second-order valence-corrected chi connectivity index (χ2v) is 6.66. The summed E-state index contributed by atoms with van der Waals surface area (Å²) in [4.78, 5) is 25.5. The Hall–Kier alpha value is -1.26. The second-order valence-electron chi connectivity index (χ2n) is 6.66. The van der Waals surface area contributed by atoms with E-state index in [1.807, 2.05) is 27.7 Å². The maximum absolute atomic E-state index is 12.3. The van der Waals surface area contributed by atoms with Crippen molar-refractivity contribution in [2.75, 3.05) is 13.7 Å². The molecule has 0 radical (unpaired) electrons. The van der Waals surface area contributed by atoms with Crippen LogP contribution in [0.1, 0.15) is 59.8 Å². The van der Waals surface area contributed by atoms with Crippen LogP contribution in [-0.2, 0) is 14.3 Å². The molecule has 20 heavy (non-hydrogen) atoms. The number of methoxy groups -OCH3 is 1. The fraction of sp³-hybridized carbons (Fsp3) is 0.867. The van der Waals surface area contributed by atoms with Crippen molar-refractivity contribution in [2.24, 2.45) is 0 Å². The van der Waals surface area contributed by atoms with Crippen molar-refractivity contribution < 1.29 is 19.1 Å². The van der Waals surface area contributed by atoms with E-state index in [0.717, 1.165) is 19.3 Å². The van der Waals surface area contributed by atoms with Gasteiger partial charge in [-0.05, 0) is 53.4 Å². The molecule has 0 bridgehead atoms. The summed E-state index contributed by atoms with van der Waals surface area (Å²) in [5, 5.41) is 0. The maximum Gasteiger partial charge on any atom is 0.410 e. The molecule has 5 nitrogen and oxygen atoms in total. The number of rotatable bonds is 3. The number of likely N-dealkylation sites (tertiary alicyclic amines) is 1. The monoisotopic (exact) mass is 285 g/mol. The van der Waals surface area contributed by atoms with Crippen LogP contribution in [-0.4, -0.2) is 41.8 Å². The quantitative estimate of drug-likeness (QED) is 0.748. The summed E-state index contributed by atoms with van der Waals surface area (Å²) in [5.74, 6) is -0.235. The second kappa shape index (κ2) is 6.46. The molecular weight excluding hydrogens is 258 g/mol. The van der Waals surface area contributed by atoms with E-state index < -0.39 is 5.60 Å². The lowest BCUT2D eigenvalue weighted by molar-refractivity contribution is -0.141. The Morgan fingerprint density at radius 1 is 1.25 bits per heavy atom. The number of amides is 1. The van der Waals surface area contributed by atoms with Gasteiger partial charge in [0.2, 0.25) is 0 Å². The summed E-state index contributed by atoms with van der Waals surface area (Å²) in [6, 6.07) is 0. The summed E-state index contributed by atoms with van der Waals surface area (Å²) in [6.45, 7) is 8.30. The van der Waals surface area contributed by atoms with Crippen LogP contribution in [0.4, 0.5) is 4.79 Å². The van der Waals surface area contributed by atoms with Gasteiger partial charge >= 0.3 is 12.1 Å². The molecule has 1 amide bonds. The molecule has 1 saturated heterocycles. The predicted octanol–water partition coefficient (Wildman–Crippen LogP) is 3.12. The van der Waals surface area contributed by atoms with Crippen molar-refractivity contribution >= 4 is 12.1 Å². The minimum atomic E-state index is -0.502. The van der Waals surface area contributed by atoms with Gasteiger partial charge < -0.3 is 14.4 Å². The largest absolute Gasteiger partial charge is 0.469 e. The number of ether oxygens (including phenoxy) is 2. The van der Waals surface area contributed by atoms with Gasteiger partial charge in [-0.3, -0.25) is 4.79 Å². The van der Waals surface area contributed by atoms with Gasteiger partial charge in [0, 0.05) is 18.5 Å². The first-order chi connectivity index (χ1) is 9.18. The van der Waals surface area contributed by atoms with E-state index >= 15 is 0 Å². The van der Waals surface area contributed by atoms with Crippen LogP contribution in [0.5, 0.6) is 0 Å². The van der Waals surface area contributed by atoms with Gasteiger partial charge in [-0.25, -0.2) is 4.79 Å². The third-order valence-electron chi connectivity index (χ3n) is 3.71. The average Bonchev–Trinajstić information content (AvgIpc) is 2.34. The first-order valence-electron chi connectivity index (χ1n) is 7.25. The third kappa shape index (κ3) is 4.69. The molecule has 1 fully saturated rings. The lowest BCUT2D eigenvalue weighted by atomic mass is 9.84. The van der Waals surface area contributed by atoms with E-state index in [4.69, 9.17) is 4.74 Å². The Morgan fingerprint density at radius 3 is 2.45 bits per heavy atom. The zero-order valence-corrected chi connectivity index (χ0v) is 13.3. The zero-order chi connectivity index (χ0) is 15.4. The van der Waals surface area contributed by atoms with Crippen LogP contribution < -0.4 is 0 Å². The lowest BCUT2D eigenvalue weighted by Gasteiger charge is -2.45. The van der Waals surface area contributed by atoms with Gasteiger partial charge in [0.15, 0.2) is 0 Å². The summed E-state index contributed by atoms with van der Waals surface area (Å²) in [7, 11) is 1.39. The molecule has 0 N–H and O–H groups in total. The van der Waals surface area contributed by atoms with E-state index in [0.29, 0.717) is 19.4 Å². The minimum Gasteiger partial charge on any atom is -0.469 e. The number of hydrogen-bond donors (Lipinski definition) is 0. The van der Waals surface area contributed by atoms with Crippen LogP contribution in [0.2, 0.25) is 0 Å². The summed E-state index contributed by atoms with van der Waals surface area (Å²) in [5.41, 5.74) is -0.827. The Kier molecular flexibility index (Phi) is 5.42. The highest BCUT2D eigenvalue weighted by atomic mass is 16.6. The number of nitrogens with zero attached hydrogens (tertiary/aromatic N) is 1. The fourth-order valence-electron chi connectivity index (χ4n) is 2.54. The molecule has 1 aliphatic heterocycles. The van der Waals surface area contributed by atoms with Crippen molar-refractivity contribution in [3.05, 3.63) is 0 Å². The predicted molar refractivity (Wildman–Crippen MR) is 76.4 cm³/mol. The Labute approximate surface area is 121 Å². The third-order valence-corrected chi connectivity index (χ3v) is 3.71. The molecule has 0 aliphatic carbocycles. The van der Waals surface area contributed by atoms with E-state index in [1.54, 1.807) is 4.90 Å². The molecule has 5 heteroatoms. The lowest BCUT2D eigenvalue weighted by Crippen LogP contribution is -2.54. The van der Waals surface area contributed by atoms with Crippen molar-refractivity contribution in [2.45, 2.75) is 70.9 Å². The van der Waals surface area contributed by atoms with Crippen LogP contribution in [0.3, 0.4) is 0 Å². The van der Waals surface area contributed by atoms with Crippen LogP contribution in [0, 0.1) is 0 Å². The smallest absolute Gasteiger partial charge is 0.410 e. The molecule has 1 atom stereocenters. The highest BCUT2D eigenvalue weighted by Crippen LogP contribution is 2.33. The molecule has 0 aromatic carbocycles. The molecule has 116 valence electrons. The fourth-order valence-corrected chi connectivity index (χ4v) is 2.54. The number of carbonyl (C=O) groups excluding carboxylic acids is 2. The van der Waals surface area contributed by atoms with Crippen molar-refractivity contribution in [3.63, 3.8) is 0 Å². The van der Waals surface area contributed by atoms with E-state index in [1.165, 1.54) is 7.11 Å². The van der Waals surface area contributed by atoms with Gasteiger partial charge in [-0.1, -0.05) is 0 Å². The summed E-state index contributed by atoms with van der Waals surface area (Å²) >= 11 is 0. The van der Waals surface area contributed by atoms with Gasteiger partial charge in [-0.2, -0.15) is 0 Å². The molecule has 0 spiro atoms. The standard InChI is InChI=1S/C15H27NO4/c1-14(2,3)20-13(18)16-11-7-6-9-15(16,4)10-8-12(17)19-5/h6-11H2,1-5H3. The Balaban J connectivity index is 2.74. The highest BCUT2D eigenvalue weighted by Gasteiger charge is 2.39. The molecule has 0 saturated carbocycles. The number of hydrogen-bond acceptors (Lipinski definition) is 4. The Morgan fingerprint density at radius 2 is 1.90 bits per heavy atom. The zero-order valence-electron chi connectivity index (χ0n) is 13.3. The molecule has 1 heterocycles.